The second-order valence-corrected chi connectivity index (χ2v) is 0. The quantitative estimate of drug-likeness (QED) is 0.330. The van der Waals surface area contributed by atoms with Crippen molar-refractivity contribution in [1.82, 2.24) is 0 Å². The van der Waals surface area contributed by atoms with E-state index in [0.29, 0.717) is 0 Å². The molecule has 6 heteroatoms. The average Bonchev–Trinajstić information content (AvgIpc) is 0. The Morgan fingerprint density at radius 3 is 1.00 bits per heavy atom. The van der Waals surface area contributed by atoms with Crippen molar-refractivity contribution in [1.29, 1.82) is 0 Å². The SMILES string of the molecule is [As].[Cd].[Cu].[Ni].[Pb].[Zn]. The minimum atomic E-state index is 0. The third-order valence-electron chi connectivity index (χ3n) is 0. The summed E-state index contributed by atoms with van der Waals surface area (Å²) in [6.45, 7) is 0. The first-order valence-corrected chi connectivity index (χ1v) is 0. The zero-order chi connectivity index (χ0) is 0. The molecular weight excluding hydrogens is 582 g/mol. The second kappa shape index (κ2) is 35.8. The predicted molar refractivity (Wildman–Crippen MR) is 11.5 cm³/mol. The zero-order valence-corrected chi connectivity index (χ0v) is 17.7. The van der Waals surface area contributed by atoms with Crippen LogP contribution in [0.15, 0.2) is 0 Å². The minimum absolute atomic E-state index is 0. The molecule has 0 aliphatic heterocycles. The summed E-state index contributed by atoms with van der Waals surface area (Å²) in [6, 6.07) is 0. The van der Waals surface area contributed by atoms with Gasteiger partial charge in [0.05, 0.1) is 0 Å². The fourth-order valence-corrected chi connectivity index (χ4v) is 0. The molecule has 0 aliphatic rings. The fourth-order valence-electron chi connectivity index (χ4n) is 0. The van der Waals surface area contributed by atoms with E-state index in [2.05, 4.69) is 0 Å². The van der Waals surface area contributed by atoms with Crippen LogP contribution in [-0.2, 0) is 80.3 Å². The molecule has 0 unspecified atom stereocenters. The summed E-state index contributed by atoms with van der Waals surface area (Å²) < 4.78 is 0. The van der Waals surface area contributed by atoms with Crippen LogP contribution in [0.5, 0.6) is 0 Å². The van der Waals surface area contributed by atoms with Crippen molar-refractivity contribution in [2.45, 2.75) is 0 Å². The van der Waals surface area contributed by atoms with Gasteiger partial charge in [-0.15, -0.1) is 0 Å². The molecule has 6 heavy (non-hydrogen) atoms. The summed E-state index contributed by atoms with van der Waals surface area (Å²) in [7, 11) is 0. The van der Waals surface area contributed by atoms with Crippen LogP contribution < -0.4 is 0 Å². The van der Waals surface area contributed by atoms with Crippen LogP contribution >= 0.6 is 0 Å². The summed E-state index contributed by atoms with van der Waals surface area (Å²) in [4.78, 5) is 0. The van der Waals surface area contributed by atoms with E-state index in [9.17, 15) is 0 Å². The molecular formula is AsCdCuNiPbZn. The standard InChI is InChI=1S/As.Cd.Cu.Ni.Pb.Zn. The van der Waals surface area contributed by atoms with Gasteiger partial charge in [-0.3, -0.25) is 0 Å². The molecule has 0 aliphatic carbocycles. The van der Waals surface area contributed by atoms with Crippen molar-refractivity contribution >= 4 is 45.3 Å². The summed E-state index contributed by atoms with van der Waals surface area (Å²) in [5.74, 6) is 0. The second-order valence-electron chi connectivity index (χ2n) is 0. The third kappa shape index (κ3) is 24.4. The van der Waals surface area contributed by atoms with Crippen LogP contribution in [0, 0.1) is 0 Å². The Morgan fingerprint density at radius 2 is 1.00 bits per heavy atom. The Balaban J connectivity index is 0. The van der Waals surface area contributed by atoms with E-state index in [-0.39, 0.29) is 126 Å². The van der Waals surface area contributed by atoms with E-state index < -0.39 is 0 Å². The topological polar surface area (TPSA) is 0 Å². The van der Waals surface area contributed by atoms with Crippen LogP contribution in [0.25, 0.3) is 0 Å². The molecule has 0 aromatic rings. The molecule has 0 aromatic carbocycles. The number of rotatable bonds is 0. The maximum atomic E-state index is 0. The van der Waals surface area contributed by atoms with Crippen molar-refractivity contribution in [3.8, 4) is 0 Å². The smallest absolute Gasteiger partial charge is 0 e. The molecule has 8 radical (unpaired) electrons. The molecule has 0 spiro atoms. The number of hydrogen-bond acceptors (Lipinski definition) is 0. The third-order valence-corrected chi connectivity index (χ3v) is 0. The molecule has 0 rings (SSSR count). The van der Waals surface area contributed by atoms with E-state index in [1.807, 2.05) is 0 Å². The molecule has 0 saturated carbocycles. The molecule has 0 amide bonds. The van der Waals surface area contributed by atoms with Crippen LogP contribution in [0.4, 0.5) is 0 Å². The monoisotopic (exact) mass is 582 g/mol. The van der Waals surface area contributed by atoms with Gasteiger partial charge >= 0.3 is 0 Å². The van der Waals surface area contributed by atoms with Gasteiger partial charge < -0.3 is 0 Å². The number of hydrogen-bond donors (Lipinski definition) is 0. The van der Waals surface area contributed by atoms with E-state index in [1.165, 1.54) is 0 Å². The summed E-state index contributed by atoms with van der Waals surface area (Å²) in [5, 5.41) is 0. The zero-order valence-electron chi connectivity index (χ0n) is 2.98. The van der Waals surface area contributed by atoms with Gasteiger partial charge in [-0.25, -0.2) is 0 Å². The maximum absolute atomic E-state index is 0. The molecule has 0 heterocycles. The fraction of sp³-hybridized carbons (Fsp3) is 0. The van der Waals surface area contributed by atoms with E-state index >= 15 is 0 Å². The van der Waals surface area contributed by atoms with Crippen LogP contribution in [0.3, 0.4) is 0 Å². The van der Waals surface area contributed by atoms with Crippen LogP contribution in [-0.4, -0.2) is 45.3 Å². The minimum Gasteiger partial charge on any atom is 0 e. The Morgan fingerprint density at radius 1 is 1.00 bits per heavy atom. The first kappa shape index (κ1) is 50.3. The van der Waals surface area contributed by atoms with Crippen molar-refractivity contribution in [3.05, 3.63) is 0 Å². The molecule has 0 aromatic heterocycles. The van der Waals surface area contributed by atoms with Gasteiger partial charge in [0.25, 0.3) is 0 Å². The van der Waals surface area contributed by atoms with Gasteiger partial charge in [0, 0.05) is 126 Å². The Labute approximate surface area is 123 Å². The molecule has 0 atom stereocenters. The molecule has 0 fully saturated rings. The van der Waals surface area contributed by atoms with Crippen molar-refractivity contribution in [3.63, 3.8) is 0 Å². The van der Waals surface area contributed by atoms with Crippen molar-refractivity contribution < 1.29 is 80.3 Å². The molecule has 34 valence electrons. The Kier molecular flexibility index (Phi) is 300. The van der Waals surface area contributed by atoms with E-state index in [0.717, 1.165) is 0 Å². The Hall–Kier alpha value is 4.04. The largest absolute Gasteiger partial charge is 0 e. The van der Waals surface area contributed by atoms with Crippen molar-refractivity contribution in [2.24, 2.45) is 0 Å². The van der Waals surface area contributed by atoms with Gasteiger partial charge in [0.1, 0.15) is 0 Å². The van der Waals surface area contributed by atoms with Crippen LogP contribution in [0.1, 0.15) is 0 Å². The van der Waals surface area contributed by atoms with E-state index in [1.54, 1.807) is 0 Å². The normalized spacial score (nSPS) is 0. The molecule has 0 nitrogen and oxygen atoms in total. The van der Waals surface area contributed by atoms with Gasteiger partial charge in [0.2, 0.25) is 0 Å². The van der Waals surface area contributed by atoms with Gasteiger partial charge in [-0.2, -0.15) is 0 Å². The predicted octanol–water partition coefficient (Wildman–Crippen LogP) is -0.772. The summed E-state index contributed by atoms with van der Waals surface area (Å²) in [6.07, 6.45) is 0. The first-order valence-electron chi connectivity index (χ1n) is 0. The van der Waals surface area contributed by atoms with Gasteiger partial charge in [-0.1, -0.05) is 0 Å². The Bertz CT molecular complexity index is 15.5. The average molecular weight is 582 g/mol. The summed E-state index contributed by atoms with van der Waals surface area (Å²) in [5.41, 5.74) is 0. The first-order chi connectivity index (χ1) is 0. The molecule has 0 saturated heterocycles. The molecule has 0 bridgehead atoms. The maximum Gasteiger partial charge on any atom is 0 e. The molecule has 0 N–H and O–H groups in total. The summed E-state index contributed by atoms with van der Waals surface area (Å²) >= 11 is 0. The van der Waals surface area contributed by atoms with E-state index in [4.69, 9.17) is 0 Å². The van der Waals surface area contributed by atoms with Gasteiger partial charge in [-0.05, 0) is 0 Å². The van der Waals surface area contributed by atoms with Crippen LogP contribution in [0.2, 0.25) is 0 Å². The van der Waals surface area contributed by atoms with Gasteiger partial charge in [0.15, 0.2) is 0 Å². The van der Waals surface area contributed by atoms with Crippen molar-refractivity contribution in [2.75, 3.05) is 0 Å².